The largest absolute Gasteiger partial charge is 0.467 e. The van der Waals surface area contributed by atoms with Crippen molar-refractivity contribution >= 4 is 17.7 Å². The monoisotopic (exact) mass is 381 g/mol. The minimum absolute atomic E-state index is 0.196. The molecular formula is C21H23N3O2S. The normalized spacial score (nSPS) is 14.0. The fraction of sp³-hybridized carbons (Fsp3) is 0.333. The molecule has 1 aliphatic rings. The second-order valence-corrected chi connectivity index (χ2v) is 7.78. The van der Waals surface area contributed by atoms with E-state index < -0.39 is 0 Å². The molecule has 4 rings (SSSR count). The van der Waals surface area contributed by atoms with Gasteiger partial charge in [-0.1, -0.05) is 41.6 Å². The molecule has 1 aliphatic heterocycles. The quantitative estimate of drug-likeness (QED) is 0.600. The maximum absolute atomic E-state index is 12.4. The summed E-state index contributed by atoms with van der Waals surface area (Å²) < 4.78 is 7.68. The summed E-state index contributed by atoms with van der Waals surface area (Å²) in [5.74, 6) is 1.48. The fourth-order valence-corrected chi connectivity index (χ4v) is 4.21. The van der Waals surface area contributed by atoms with Gasteiger partial charge in [0.1, 0.15) is 5.76 Å². The van der Waals surface area contributed by atoms with Crippen molar-refractivity contribution in [2.24, 2.45) is 0 Å². The van der Waals surface area contributed by atoms with Gasteiger partial charge in [-0.2, -0.15) is 0 Å². The number of furan rings is 1. The third kappa shape index (κ3) is 4.11. The molecule has 5 nitrogen and oxygen atoms in total. The predicted octanol–water partition coefficient (Wildman–Crippen LogP) is 4.21. The molecule has 2 aromatic heterocycles. The molecule has 1 amide bonds. The zero-order chi connectivity index (χ0) is 18.6. The van der Waals surface area contributed by atoms with Crippen molar-refractivity contribution < 1.29 is 9.21 Å². The van der Waals surface area contributed by atoms with Gasteiger partial charge in [0.2, 0.25) is 5.91 Å². The third-order valence-corrected chi connectivity index (χ3v) is 5.82. The molecule has 6 heteroatoms. The van der Waals surface area contributed by atoms with E-state index in [0.717, 1.165) is 48.1 Å². The molecule has 0 saturated carbocycles. The van der Waals surface area contributed by atoms with Gasteiger partial charge in [0.15, 0.2) is 5.16 Å². The molecule has 3 aromatic rings. The van der Waals surface area contributed by atoms with Crippen LogP contribution in [0.4, 0.5) is 0 Å². The van der Waals surface area contributed by atoms with E-state index in [4.69, 9.17) is 4.42 Å². The Hall–Kier alpha value is -2.47. The lowest BCUT2D eigenvalue weighted by Gasteiger charge is -2.15. The van der Waals surface area contributed by atoms with Crippen LogP contribution in [0.25, 0.3) is 11.3 Å². The fourth-order valence-electron chi connectivity index (χ4n) is 3.32. The second-order valence-electron chi connectivity index (χ2n) is 6.83. The first-order valence-corrected chi connectivity index (χ1v) is 10.2. The molecule has 0 atom stereocenters. The molecule has 1 aromatic carbocycles. The van der Waals surface area contributed by atoms with Gasteiger partial charge in [-0.15, -0.1) is 0 Å². The van der Waals surface area contributed by atoms with Crippen LogP contribution in [0.5, 0.6) is 0 Å². The average Bonchev–Trinajstić information content (AvgIpc) is 3.44. The molecule has 0 bridgehead atoms. The van der Waals surface area contributed by atoms with Crippen LogP contribution in [0, 0.1) is 6.92 Å². The van der Waals surface area contributed by atoms with E-state index in [1.807, 2.05) is 23.2 Å². The second kappa shape index (κ2) is 8.05. The summed E-state index contributed by atoms with van der Waals surface area (Å²) in [4.78, 5) is 19.0. The minimum atomic E-state index is 0.196. The molecule has 0 unspecified atom stereocenters. The zero-order valence-corrected chi connectivity index (χ0v) is 16.2. The lowest BCUT2D eigenvalue weighted by atomic mass is 10.1. The Morgan fingerprint density at radius 3 is 2.67 bits per heavy atom. The molecule has 0 N–H and O–H groups in total. The third-order valence-electron chi connectivity index (χ3n) is 4.84. The van der Waals surface area contributed by atoms with Crippen LogP contribution in [-0.2, 0) is 11.3 Å². The topological polar surface area (TPSA) is 51.3 Å². The van der Waals surface area contributed by atoms with Gasteiger partial charge in [-0.05, 0) is 37.5 Å². The van der Waals surface area contributed by atoms with Crippen molar-refractivity contribution in [1.82, 2.24) is 14.5 Å². The highest BCUT2D eigenvalue weighted by Gasteiger charge is 2.20. The lowest BCUT2D eigenvalue weighted by molar-refractivity contribution is -0.127. The molecule has 3 heterocycles. The first-order valence-electron chi connectivity index (χ1n) is 9.26. The van der Waals surface area contributed by atoms with Crippen LogP contribution >= 0.6 is 11.8 Å². The van der Waals surface area contributed by atoms with E-state index in [1.165, 1.54) is 17.3 Å². The number of carbonyl (C=O) groups excluding carboxylic acids is 1. The Kier molecular flexibility index (Phi) is 5.34. The molecule has 0 spiro atoms. The molecular weight excluding hydrogens is 358 g/mol. The maximum Gasteiger partial charge on any atom is 0.233 e. The summed E-state index contributed by atoms with van der Waals surface area (Å²) in [6, 6.07) is 12.3. The van der Waals surface area contributed by atoms with E-state index in [-0.39, 0.29) is 5.91 Å². The Labute approximate surface area is 163 Å². The number of aryl methyl sites for hydroxylation is 1. The van der Waals surface area contributed by atoms with Gasteiger partial charge in [-0.3, -0.25) is 4.79 Å². The summed E-state index contributed by atoms with van der Waals surface area (Å²) in [5, 5.41) is 0.842. The standard InChI is InChI=1S/C21H23N3O2S/c1-16-6-8-17(9-7-16)19-13-22-21(24(19)14-18-5-4-12-26-18)27-15-20(25)23-10-2-3-11-23/h4-9,12-13H,2-3,10-11,14-15H2,1H3. The van der Waals surface area contributed by atoms with Gasteiger partial charge in [0.05, 0.1) is 30.5 Å². The molecule has 0 aliphatic carbocycles. The summed E-state index contributed by atoms with van der Waals surface area (Å²) in [6.07, 6.45) is 5.79. The Balaban J connectivity index is 1.58. The first-order chi connectivity index (χ1) is 13.2. The number of nitrogens with zero attached hydrogens (tertiary/aromatic N) is 3. The van der Waals surface area contributed by atoms with Gasteiger partial charge in [0, 0.05) is 13.1 Å². The van der Waals surface area contributed by atoms with E-state index in [9.17, 15) is 4.79 Å². The average molecular weight is 382 g/mol. The number of carbonyl (C=O) groups is 1. The molecule has 27 heavy (non-hydrogen) atoms. The van der Waals surface area contributed by atoms with Crippen LogP contribution in [0.1, 0.15) is 24.2 Å². The number of benzene rings is 1. The number of hydrogen-bond acceptors (Lipinski definition) is 4. The lowest BCUT2D eigenvalue weighted by Crippen LogP contribution is -2.29. The molecule has 140 valence electrons. The highest BCUT2D eigenvalue weighted by atomic mass is 32.2. The van der Waals surface area contributed by atoms with Gasteiger partial charge >= 0.3 is 0 Å². The van der Waals surface area contributed by atoms with Crippen molar-refractivity contribution in [3.63, 3.8) is 0 Å². The van der Waals surface area contributed by atoms with Crippen LogP contribution < -0.4 is 0 Å². The van der Waals surface area contributed by atoms with Crippen molar-refractivity contribution in [3.8, 4) is 11.3 Å². The van der Waals surface area contributed by atoms with Gasteiger partial charge in [0.25, 0.3) is 0 Å². The smallest absolute Gasteiger partial charge is 0.233 e. The van der Waals surface area contributed by atoms with Crippen molar-refractivity contribution in [3.05, 3.63) is 60.2 Å². The molecule has 1 saturated heterocycles. The Bertz CT molecular complexity index is 894. The van der Waals surface area contributed by atoms with Gasteiger partial charge in [-0.25, -0.2) is 4.98 Å². The van der Waals surface area contributed by atoms with Crippen molar-refractivity contribution in [2.45, 2.75) is 31.5 Å². The molecule has 1 fully saturated rings. The van der Waals surface area contributed by atoms with Crippen LogP contribution in [0.15, 0.2) is 58.4 Å². The maximum atomic E-state index is 12.4. The van der Waals surface area contributed by atoms with E-state index >= 15 is 0 Å². The highest BCUT2D eigenvalue weighted by Crippen LogP contribution is 2.28. The highest BCUT2D eigenvalue weighted by molar-refractivity contribution is 7.99. The zero-order valence-electron chi connectivity index (χ0n) is 15.4. The Morgan fingerprint density at radius 1 is 1.19 bits per heavy atom. The van der Waals surface area contributed by atoms with Crippen molar-refractivity contribution in [2.75, 3.05) is 18.8 Å². The number of hydrogen-bond donors (Lipinski definition) is 0. The summed E-state index contributed by atoms with van der Waals surface area (Å²) in [5.41, 5.74) is 3.36. The van der Waals surface area contributed by atoms with E-state index in [1.54, 1.807) is 6.26 Å². The van der Waals surface area contributed by atoms with Crippen LogP contribution in [-0.4, -0.2) is 39.2 Å². The number of likely N-dealkylation sites (tertiary alicyclic amines) is 1. The van der Waals surface area contributed by atoms with E-state index in [2.05, 4.69) is 40.7 Å². The first kappa shape index (κ1) is 17.9. The summed E-state index contributed by atoms with van der Waals surface area (Å²) in [7, 11) is 0. The summed E-state index contributed by atoms with van der Waals surface area (Å²) in [6.45, 7) is 4.44. The summed E-state index contributed by atoms with van der Waals surface area (Å²) >= 11 is 1.50. The Morgan fingerprint density at radius 2 is 1.96 bits per heavy atom. The molecule has 0 radical (unpaired) electrons. The number of imidazole rings is 1. The number of thioether (sulfide) groups is 1. The van der Waals surface area contributed by atoms with Crippen LogP contribution in [0.3, 0.4) is 0 Å². The van der Waals surface area contributed by atoms with Gasteiger partial charge < -0.3 is 13.9 Å². The SMILES string of the molecule is Cc1ccc(-c2cnc(SCC(=O)N3CCCC3)n2Cc2ccco2)cc1. The van der Waals surface area contributed by atoms with Crippen LogP contribution in [0.2, 0.25) is 0 Å². The predicted molar refractivity (Wildman–Crippen MR) is 107 cm³/mol. The number of amides is 1. The van der Waals surface area contributed by atoms with E-state index in [0.29, 0.717) is 12.3 Å². The van der Waals surface area contributed by atoms with Crippen molar-refractivity contribution in [1.29, 1.82) is 0 Å². The number of rotatable bonds is 6. The minimum Gasteiger partial charge on any atom is -0.467 e. The number of aromatic nitrogens is 2.